The first-order valence-corrected chi connectivity index (χ1v) is 7.31. The van der Waals surface area contributed by atoms with Crippen LogP contribution in [0.4, 0.5) is 11.4 Å². The summed E-state index contributed by atoms with van der Waals surface area (Å²) in [5, 5.41) is 2.93. The van der Waals surface area contributed by atoms with Crippen LogP contribution in [0.15, 0.2) is 18.2 Å². The van der Waals surface area contributed by atoms with Crippen molar-refractivity contribution in [1.82, 2.24) is 4.90 Å². The van der Waals surface area contributed by atoms with Gasteiger partial charge in [0.2, 0.25) is 5.91 Å². The van der Waals surface area contributed by atoms with Crippen LogP contribution >= 0.6 is 0 Å². The molecule has 0 aliphatic carbocycles. The van der Waals surface area contributed by atoms with Gasteiger partial charge < -0.3 is 15.8 Å². The first kappa shape index (κ1) is 15.6. The van der Waals surface area contributed by atoms with Crippen LogP contribution in [0.3, 0.4) is 0 Å². The highest BCUT2D eigenvalue weighted by atomic mass is 16.5. The zero-order valence-electron chi connectivity index (χ0n) is 13.3. The maximum atomic E-state index is 12.4. The van der Waals surface area contributed by atoms with Gasteiger partial charge in [-0.05, 0) is 37.4 Å². The van der Waals surface area contributed by atoms with Gasteiger partial charge in [0.1, 0.15) is 5.75 Å². The second kappa shape index (κ2) is 5.93. The maximum absolute atomic E-state index is 12.4. The largest absolute Gasteiger partial charge is 0.494 e. The average molecular weight is 291 g/mol. The summed E-state index contributed by atoms with van der Waals surface area (Å²) in [6.07, 6.45) is 1.12. The number of ether oxygens (including phenoxy) is 1. The van der Waals surface area contributed by atoms with Crippen molar-refractivity contribution in [3.63, 3.8) is 0 Å². The molecule has 1 aromatic carbocycles. The highest BCUT2D eigenvalue weighted by molar-refractivity contribution is 5.96. The fraction of sp³-hybridized carbons (Fsp3) is 0.562. The molecule has 3 N–H and O–H groups in total. The Bertz CT molecular complexity index is 528. The first-order chi connectivity index (χ1) is 9.82. The minimum atomic E-state index is -0.158. The predicted octanol–water partition coefficient (Wildman–Crippen LogP) is 2.34. The first-order valence-electron chi connectivity index (χ1n) is 7.31. The number of methoxy groups -OCH3 is 1. The van der Waals surface area contributed by atoms with Gasteiger partial charge in [0, 0.05) is 18.3 Å². The molecule has 1 atom stereocenters. The number of amides is 1. The maximum Gasteiger partial charge on any atom is 0.241 e. The third-order valence-corrected chi connectivity index (χ3v) is 4.12. The lowest BCUT2D eigenvalue weighted by Gasteiger charge is -2.25. The summed E-state index contributed by atoms with van der Waals surface area (Å²) >= 11 is 0. The van der Waals surface area contributed by atoms with Gasteiger partial charge in [-0.1, -0.05) is 13.8 Å². The Morgan fingerprint density at radius 3 is 2.76 bits per heavy atom. The zero-order chi connectivity index (χ0) is 15.6. The molecular weight excluding hydrogens is 266 g/mol. The second-order valence-electron chi connectivity index (χ2n) is 6.51. The number of anilines is 2. The summed E-state index contributed by atoms with van der Waals surface area (Å²) in [6, 6.07) is 5.07. The van der Waals surface area contributed by atoms with Crippen molar-refractivity contribution in [2.24, 2.45) is 5.41 Å². The molecule has 0 radical (unpaired) electrons. The zero-order valence-corrected chi connectivity index (χ0v) is 13.3. The van der Waals surface area contributed by atoms with Crippen molar-refractivity contribution in [2.75, 3.05) is 31.2 Å². The number of carbonyl (C=O) groups is 1. The van der Waals surface area contributed by atoms with E-state index in [2.05, 4.69) is 24.1 Å². The van der Waals surface area contributed by atoms with E-state index in [1.807, 2.05) is 6.92 Å². The van der Waals surface area contributed by atoms with Gasteiger partial charge in [0.25, 0.3) is 0 Å². The van der Waals surface area contributed by atoms with Crippen LogP contribution in [0.5, 0.6) is 5.75 Å². The standard InChI is InChI=1S/C16H25N3O2/c1-11(19-8-7-16(2,3)10-19)15(20)18-13-6-5-12(17)9-14(13)21-4/h5-6,9,11H,7-8,10,17H2,1-4H3,(H,18,20). The second-order valence-corrected chi connectivity index (χ2v) is 6.51. The molecule has 0 saturated carbocycles. The lowest BCUT2D eigenvalue weighted by atomic mass is 9.93. The normalized spacial score (nSPS) is 19.2. The molecule has 0 spiro atoms. The number of carbonyl (C=O) groups excluding carboxylic acids is 1. The van der Waals surface area contributed by atoms with Gasteiger partial charge >= 0.3 is 0 Å². The molecular formula is C16H25N3O2. The number of hydrogen-bond acceptors (Lipinski definition) is 4. The molecule has 116 valence electrons. The van der Waals surface area contributed by atoms with E-state index in [1.54, 1.807) is 25.3 Å². The average Bonchev–Trinajstić information content (AvgIpc) is 2.80. The van der Waals surface area contributed by atoms with Crippen LogP contribution in [0, 0.1) is 5.41 Å². The van der Waals surface area contributed by atoms with Crippen molar-refractivity contribution in [3.05, 3.63) is 18.2 Å². The smallest absolute Gasteiger partial charge is 0.241 e. The Hall–Kier alpha value is -1.75. The van der Waals surface area contributed by atoms with E-state index in [-0.39, 0.29) is 17.4 Å². The summed E-state index contributed by atoms with van der Waals surface area (Å²) in [4.78, 5) is 14.6. The van der Waals surface area contributed by atoms with Crippen molar-refractivity contribution < 1.29 is 9.53 Å². The van der Waals surface area contributed by atoms with Gasteiger partial charge in [0.05, 0.1) is 18.8 Å². The summed E-state index contributed by atoms with van der Waals surface area (Å²) in [7, 11) is 1.57. The molecule has 1 fully saturated rings. The fourth-order valence-electron chi connectivity index (χ4n) is 2.70. The minimum Gasteiger partial charge on any atom is -0.494 e. The third-order valence-electron chi connectivity index (χ3n) is 4.12. The van der Waals surface area contributed by atoms with Gasteiger partial charge in [-0.2, -0.15) is 0 Å². The van der Waals surface area contributed by atoms with Gasteiger partial charge in [-0.3, -0.25) is 9.69 Å². The van der Waals surface area contributed by atoms with Crippen LogP contribution < -0.4 is 15.8 Å². The quantitative estimate of drug-likeness (QED) is 0.836. The molecule has 0 aromatic heterocycles. The molecule has 1 aliphatic rings. The van der Waals surface area contributed by atoms with Crippen molar-refractivity contribution in [1.29, 1.82) is 0 Å². The van der Waals surface area contributed by atoms with E-state index >= 15 is 0 Å². The van der Waals surface area contributed by atoms with E-state index in [4.69, 9.17) is 10.5 Å². The van der Waals surface area contributed by atoms with Crippen molar-refractivity contribution in [3.8, 4) is 5.75 Å². The molecule has 1 heterocycles. The van der Waals surface area contributed by atoms with Gasteiger partial charge in [0.15, 0.2) is 0 Å². The molecule has 1 aromatic rings. The Labute approximate surface area is 126 Å². The Morgan fingerprint density at radius 2 is 2.19 bits per heavy atom. The third kappa shape index (κ3) is 3.67. The number of hydrogen-bond donors (Lipinski definition) is 2. The topological polar surface area (TPSA) is 67.6 Å². The number of nitrogens with one attached hydrogen (secondary N) is 1. The number of likely N-dealkylation sites (tertiary alicyclic amines) is 1. The van der Waals surface area contributed by atoms with Gasteiger partial charge in [-0.25, -0.2) is 0 Å². The molecule has 1 saturated heterocycles. The number of benzene rings is 1. The van der Waals surface area contributed by atoms with Crippen molar-refractivity contribution >= 4 is 17.3 Å². The van der Waals surface area contributed by atoms with Crippen LogP contribution in [0.25, 0.3) is 0 Å². The van der Waals surface area contributed by atoms with Crippen LogP contribution in [-0.2, 0) is 4.79 Å². The Kier molecular flexibility index (Phi) is 4.42. The van der Waals surface area contributed by atoms with Crippen LogP contribution in [0.2, 0.25) is 0 Å². The number of nitrogen functional groups attached to an aromatic ring is 1. The van der Waals surface area contributed by atoms with Crippen LogP contribution in [-0.4, -0.2) is 37.0 Å². The van der Waals surface area contributed by atoms with Crippen LogP contribution in [0.1, 0.15) is 27.2 Å². The lowest BCUT2D eigenvalue weighted by molar-refractivity contribution is -0.120. The number of rotatable bonds is 4. The van der Waals surface area contributed by atoms with E-state index in [0.717, 1.165) is 19.5 Å². The molecule has 1 unspecified atom stereocenters. The highest BCUT2D eigenvalue weighted by Crippen LogP contribution is 2.31. The molecule has 5 nitrogen and oxygen atoms in total. The lowest BCUT2D eigenvalue weighted by Crippen LogP contribution is -2.41. The van der Waals surface area contributed by atoms with Gasteiger partial charge in [-0.15, -0.1) is 0 Å². The molecule has 1 aliphatic heterocycles. The fourth-order valence-corrected chi connectivity index (χ4v) is 2.70. The molecule has 5 heteroatoms. The molecule has 1 amide bonds. The number of nitrogens with zero attached hydrogens (tertiary/aromatic N) is 1. The van der Waals surface area contributed by atoms with E-state index in [1.165, 1.54) is 0 Å². The SMILES string of the molecule is COc1cc(N)ccc1NC(=O)C(C)N1CCC(C)(C)C1. The molecule has 2 rings (SSSR count). The van der Waals surface area contributed by atoms with E-state index in [0.29, 0.717) is 17.1 Å². The minimum absolute atomic E-state index is 0.0178. The van der Waals surface area contributed by atoms with E-state index < -0.39 is 0 Å². The molecule has 21 heavy (non-hydrogen) atoms. The molecule has 0 bridgehead atoms. The summed E-state index contributed by atoms with van der Waals surface area (Å²) in [5.41, 5.74) is 7.27. The Balaban J connectivity index is 2.04. The monoisotopic (exact) mass is 291 g/mol. The summed E-state index contributed by atoms with van der Waals surface area (Å²) in [5.74, 6) is 0.563. The number of nitrogens with two attached hydrogens (primary N) is 1. The van der Waals surface area contributed by atoms with E-state index in [9.17, 15) is 4.79 Å². The summed E-state index contributed by atoms with van der Waals surface area (Å²) in [6.45, 7) is 8.32. The van der Waals surface area contributed by atoms with Crippen molar-refractivity contribution in [2.45, 2.75) is 33.2 Å². The Morgan fingerprint density at radius 1 is 1.48 bits per heavy atom. The summed E-state index contributed by atoms with van der Waals surface area (Å²) < 4.78 is 5.26. The highest BCUT2D eigenvalue weighted by Gasteiger charge is 2.34. The predicted molar refractivity (Wildman–Crippen MR) is 85.5 cm³/mol.